The standard InChI is InChI=1S/C18H19F3N2O3/c1-11-2-5-13(22)8-16(11)17(25)23-9-14(24)10-26-15-6-3-12(4-7-15)18(19,20)21/h2-8,14,24H,9-10,22H2,1H3,(H,23,25). The van der Waals surface area contributed by atoms with E-state index in [0.29, 0.717) is 11.3 Å². The number of nitrogens with one attached hydrogen (secondary N) is 1. The number of ether oxygens (including phenoxy) is 1. The minimum atomic E-state index is -4.42. The van der Waals surface area contributed by atoms with E-state index in [1.54, 1.807) is 19.1 Å². The zero-order valence-electron chi connectivity index (χ0n) is 14.0. The number of hydrogen-bond donors (Lipinski definition) is 3. The van der Waals surface area contributed by atoms with Gasteiger partial charge in [0, 0.05) is 17.8 Å². The molecule has 26 heavy (non-hydrogen) atoms. The molecule has 8 heteroatoms. The molecule has 140 valence electrons. The molecule has 1 unspecified atom stereocenters. The van der Waals surface area contributed by atoms with E-state index in [2.05, 4.69) is 5.32 Å². The molecule has 0 fully saturated rings. The number of aryl methyl sites for hydroxylation is 1. The van der Waals surface area contributed by atoms with Crippen LogP contribution in [0.15, 0.2) is 42.5 Å². The first-order valence-electron chi connectivity index (χ1n) is 7.79. The Balaban J connectivity index is 1.82. The lowest BCUT2D eigenvalue weighted by atomic mass is 10.1. The predicted octanol–water partition coefficient (Wildman–Crippen LogP) is 2.77. The molecule has 0 spiro atoms. The zero-order chi connectivity index (χ0) is 19.3. The molecular formula is C18H19F3N2O3. The SMILES string of the molecule is Cc1ccc(N)cc1C(=O)NCC(O)COc1ccc(C(F)(F)F)cc1. The normalized spacial score (nSPS) is 12.5. The lowest BCUT2D eigenvalue weighted by molar-refractivity contribution is -0.137. The van der Waals surface area contributed by atoms with Crippen molar-refractivity contribution in [2.75, 3.05) is 18.9 Å². The highest BCUT2D eigenvalue weighted by molar-refractivity contribution is 5.96. The van der Waals surface area contributed by atoms with Gasteiger partial charge in [0.1, 0.15) is 18.5 Å². The van der Waals surface area contributed by atoms with E-state index in [4.69, 9.17) is 10.5 Å². The first-order chi connectivity index (χ1) is 12.2. The van der Waals surface area contributed by atoms with Gasteiger partial charge in [-0.1, -0.05) is 6.07 Å². The molecule has 2 aromatic carbocycles. The number of benzene rings is 2. The summed E-state index contributed by atoms with van der Waals surface area (Å²) in [5.41, 5.74) is 6.47. The first kappa shape index (κ1) is 19.6. The van der Waals surface area contributed by atoms with Crippen LogP contribution in [0.3, 0.4) is 0 Å². The van der Waals surface area contributed by atoms with E-state index in [-0.39, 0.29) is 24.8 Å². The van der Waals surface area contributed by atoms with Crippen LogP contribution in [-0.2, 0) is 6.18 Å². The maximum Gasteiger partial charge on any atom is 0.416 e. The van der Waals surface area contributed by atoms with Gasteiger partial charge in [-0.25, -0.2) is 0 Å². The fourth-order valence-electron chi connectivity index (χ4n) is 2.18. The third-order valence-corrected chi connectivity index (χ3v) is 3.63. The molecular weight excluding hydrogens is 349 g/mol. The molecule has 5 nitrogen and oxygen atoms in total. The monoisotopic (exact) mass is 368 g/mol. The lowest BCUT2D eigenvalue weighted by Gasteiger charge is -2.14. The molecule has 4 N–H and O–H groups in total. The van der Waals surface area contributed by atoms with E-state index >= 15 is 0 Å². The Kier molecular flexibility index (Phi) is 6.10. The van der Waals surface area contributed by atoms with Crippen molar-refractivity contribution >= 4 is 11.6 Å². The van der Waals surface area contributed by atoms with Gasteiger partial charge in [-0.15, -0.1) is 0 Å². The van der Waals surface area contributed by atoms with Gasteiger partial charge in [0.15, 0.2) is 0 Å². The number of aliphatic hydroxyl groups is 1. The minimum absolute atomic E-state index is 0.0757. The minimum Gasteiger partial charge on any atom is -0.491 e. The average molecular weight is 368 g/mol. The quantitative estimate of drug-likeness (QED) is 0.685. The number of carbonyl (C=O) groups excluding carboxylic acids is 1. The Morgan fingerprint density at radius 1 is 1.23 bits per heavy atom. The fourth-order valence-corrected chi connectivity index (χ4v) is 2.18. The summed E-state index contributed by atoms with van der Waals surface area (Å²) in [6, 6.07) is 9.07. The van der Waals surface area contributed by atoms with Crippen LogP contribution in [0.4, 0.5) is 18.9 Å². The van der Waals surface area contributed by atoms with Gasteiger partial charge < -0.3 is 20.9 Å². The van der Waals surface area contributed by atoms with Crippen LogP contribution in [0.2, 0.25) is 0 Å². The topological polar surface area (TPSA) is 84.6 Å². The van der Waals surface area contributed by atoms with Crippen LogP contribution in [0.25, 0.3) is 0 Å². The van der Waals surface area contributed by atoms with Gasteiger partial charge in [0.2, 0.25) is 0 Å². The summed E-state index contributed by atoms with van der Waals surface area (Å²) in [6.45, 7) is 1.51. The van der Waals surface area contributed by atoms with Crippen molar-refractivity contribution in [3.63, 3.8) is 0 Å². The fraction of sp³-hybridized carbons (Fsp3) is 0.278. The van der Waals surface area contributed by atoms with Crippen molar-refractivity contribution in [1.29, 1.82) is 0 Å². The van der Waals surface area contributed by atoms with Crippen molar-refractivity contribution in [2.24, 2.45) is 0 Å². The van der Waals surface area contributed by atoms with Gasteiger partial charge in [-0.3, -0.25) is 4.79 Å². The lowest BCUT2D eigenvalue weighted by Crippen LogP contribution is -2.35. The number of nitrogen functional groups attached to an aromatic ring is 1. The summed E-state index contributed by atoms with van der Waals surface area (Å²) in [7, 11) is 0. The van der Waals surface area contributed by atoms with E-state index in [9.17, 15) is 23.1 Å². The molecule has 0 aliphatic heterocycles. The van der Waals surface area contributed by atoms with Gasteiger partial charge in [-0.05, 0) is 48.9 Å². The van der Waals surface area contributed by atoms with Gasteiger partial charge in [-0.2, -0.15) is 13.2 Å². The summed E-state index contributed by atoms with van der Waals surface area (Å²) < 4.78 is 42.7. The number of carbonyl (C=O) groups is 1. The van der Waals surface area contributed by atoms with Crippen LogP contribution in [0, 0.1) is 6.92 Å². The summed E-state index contributed by atoms with van der Waals surface area (Å²) in [4.78, 5) is 12.1. The Morgan fingerprint density at radius 2 is 1.88 bits per heavy atom. The third-order valence-electron chi connectivity index (χ3n) is 3.63. The van der Waals surface area contributed by atoms with Crippen molar-refractivity contribution in [3.8, 4) is 5.75 Å². The number of hydrogen-bond acceptors (Lipinski definition) is 4. The van der Waals surface area contributed by atoms with Crippen LogP contribution in [0.1, 0.15) is 21.5 Å². The number of rotatable bonds is 6. The van der Waals surface area contributed by atoms with Gasteiger partial charge >= 0.3 is 6.18 Å². The van der Waals surface area contributed by atoms with Crippen molar-refractivity contribution in [1.82, 2.24) is 5.32 Å². The van der Waals surface area contributed by atoms with Crippen molar-refractivity contribution in [3.05, 3.63) is 59.2 Å². The number of anilines is 1. The van der Waals surface area contributed by atoms with E-state index < -0.39 is 17.8 Å². The molecule has 2 aromatic rings. The molecule has 2 rings (SSSR count). The molecule has 0 aromatic heterocycles. The predicted molar refractivity (Wildman–Crippen MR) is 90.9 cm³/mol. The largest absolute Gasteiger partial charge is 0.491 e. The first-order valence-corrected chi connectivity index (χ1v) is 7.79. The molecule has 0 aliphatic carbocycles. The summed E-state index contributed by atoms with van der Waals surface area (Å²) in [6.07, 6.45) is -5.44. The second-order valence-electron chi connectivity index (χ2n) is 5.77. The highest BCUT2D eigenvalue weighted by Crippen LogP contribution is 2.30. The zero-order valence-corrected chi connectivity index (χ0v) is 14.0. The molecule has 0 saturated carbocycles. The molecule has 0 aliphatic rings. The van der Waals surface area contributed by atoms with Gasteiger partial charge in [0.05, 0.1) is 5.56 Å². The van der Waals surface area contributed by atoms with Crippen LogP contribution >= 0.6 is 0 Å². The number of aliphatic hydroxyl groups excluding tert-OH is 1. The Hall–Kier alpha value is -2.74. The molecule has 0 radical (unpaired) electrons. The van der Waals surface area contributed by atoms with E-state index in [1.165, 1.54) is 18.2 Å². The summed E-state index contributed by atoms with van der Waals surface area (Å²) >= 11 is 0. The van der Waals surface area contributed by atoms with Gasteiger partial charge in [0.25, 0.3) is 5.91 Å². The molecule has 0 saturated heterocycles. The Labute approximate surface area is 148 Å². The number of halogens is 3. The molecule has 0 heterocycles. The molecule has 1 atom stereocenters. The number of amides is 1. The Bertz CT molecular complexity index is 761. The highest BCUT2D eigenvalue weighted by Gasteiger charge is 2.30. The van der Waals surface area contributed by atoms with E-state index in [0.717, 1.165) is 17.7 Å². The number of alkyl halides is 3. The van der Waals surface area contributed by atoms with Crippen molar-refractivity contribution in [2.45, 2.75) is 19.2 Å². The van der Waals surface area contributed by atoms with Crippen molar-refractivity contribution < 1.29 is 27.8 Å². The molecule has 1 amide bonds. The van der Waals surface area contributed by atoms with Crippen LogP contribution in [-0.4, -0.2) is 30.3 Å². The maximum atomic E-state index is 12.5. The second-order valence-corrected chi connectivity index (χ2v) is 5.77. The van der Waals surface area contributed by atoms with Crippen LogP contribution < -0.4 is 15.8 Å². The highest BCUT2D eigenvalue weighted by atomic mass is 19.4. The Morgan fingerprint density at radius 3 is 2.50 bits per heavy atom. The molecule has 0 bridgehead atoms. The summed E-state index contributed by atoms with van der Waals surface area (Å²) in [5, 5.41) is 12.4. The van der Waals surface area contributed by atoms with E-state index in [1.807, 2.05) is 0 Å². The third kappa shape index (κ3) is 5.38. The number of nitrogens with two attached hydrogens (primary N) is 1. The maximum absolute atomic E-state index is 12.5. The second kappa shape index (κ2) is 8.09. The smallest absolute Gasteiger partial charge is 0.416 e. The van der Waals surface area contributed by atoms with Crippen LogP contribution in [0.5, 0.6) is 5.75 Å². The average Bonchev–Trinajstić information content (AvgIpc) is 2.59. The summed E-state index contributed by atoms with van der Waals surface area (Å²) in [5.74, 6) is -0.196.